The number of nitrogens with one attached hydrogen (secondary N) is 1. The van der Waals surface area contributed by atoms with Gasteiger partial charge in [0.15, 0.2) is 0 Å². The topological polar surface area (TPSA) is 73.4 Å². The van der Waals surface area contributed by atoms with E-state index in [0.29, 0.717) is 16.3 Å². The van der Waals surface area contributed by atoms with Crippen LogP contribution in [0.25, 0.3) is 16.7 Å². The molecule has 1 aromatic heterocycles. The summed E-state index contributed by atoms with van der Waals surface area (Å²) in [6.07, 6.45) is 0. The third-order valence-electron chi connectivity index (χ3n) is 5.87. The Labute approximate surface area is 193 Å². The maximum Gasteiger partial charge on any atom is 0.300 e. The number of carbonyl (C=O) groups is 2. The van der Waals surface area contributed by atoms with Crippen LogP contribution in [-0.2, 0) is 9.59 Å². The van der Waals surface area contributed by atoms with Gasteiger partial charge in [-0.3, -0.25) is 14.5 Å². The van der Waals surface area contributed by atoms with Crippen molar-refractivity contribution >= 4 is 45.6 Å². The fourth-order valence-corrected chi connectivity index (χ4v) is 4.60. The van der Waals surface area contributed by atoms with Crippen LogP contribution in [0.4, 0.5) is 10.1 Å². The molecule has 1 amide bonds. The van der Waals surface area contributed by atoms with Crippen LogP contribution in [0.5, 0.6) is 0 Å². The smallest absolute Gasteiger partial charge is 0.300 e. The largest absolute Gasteiger partial charge is 0.507 e. The first-order valence-corrected chi connectivity index (χ1v) is 10.6. The van der Waals surface area contributed by atoms with Crippen LogP contribution in [-0.4, -0.2) is 21.8 Å². The Hall–Kier alpha value is -3.90. The average Bonchev–Trinajstić information content (AvgIpc) is 3.26. The molecule has 1 aliphatic rings. The molecule has 0 radical (unpaired) electrons. The van der Waals surface area contributed by atoms with Crippen molar-refractivity contribution < 1.29 is 19.1 Å². The highest BCUT2D eigenvalue weighted by Crippen LogP contribution is 2.45. The third-order valence-corrected chi connectivity index (χ3v) is 6.10. The van der Waals surface area contributed by atoms with E-state index >= 15 is 0 Å². The van der Waals surface area contributed by atoms with Gasteiger partial charge in [0.1, 0.15) is 11.6 Å². The van der Waals surface area contributed by atoms with Crippen molar-refractivity contribution in [3.63, 3.8) is 0 Å². The summed E-state index contributed by atoms with van der Waals surface area (Å²) in [4.78, 5) is 31.2. The molecule has 1 aliphatic heterocycles. The number of Topliss-reactive ketones (excluding diaryl/α,β-unsaturated/α-hetero) is 1. The molecule has 164 valence electrons. The van der Waals surface area contributed by atoms with Gasteiger partial charge >= 0.3 is 0 Å². The molecular weight excluding hydrogens is 443 g/mol. The minimum absolute atomic E-state index is 0.0700. The standard InChI is InChI=1S/C26H18ClFN2O3/c1-14-21(19-7-2-3-8-20(19)29-14)23-22(24(31)15-9-11-17(28)12-10-15)25(32)26(33)30(23)18-6-4-5-16(27)13-18/h2-13,23,29,31H,1H3/b24-22+. The molecule has 3 aromatic carbocycles. The molecule has 2 N–H and O–H groups in total. The Balaban J connectivity index is 1.82. The van der Waals surface area contributed by atoms with E-state index in [1.165, 1.54) is 29.2 Å². The summed E-state index contributed by atoms with van der Waals surface area (Å²) in [5, 5.41) is 12.4. The summed E-state index contributed by atoms with van der Waals surface area (Å²) >= 11 is 6.19. The van der Waals surface area contributed by atoms with Crippen molar-refractivity contribution in [2.45, 2.75) is 13.0 Å². The zero-order chi connectivity index (χ0) is 23.3. The number of nitrogens with zero attached hydrogens (tertiary/aromatic N) is 1. The number of hydrogen-bond donors (Lipinski definition) is 2. The lowest BCUT2D eigenvalue weighted by Gasteiger charge is -2.26. The SMILES string of the molecule is Cc1[nH]c2ccccc2c1C1/C(=C(\O)c2ccc(F)cc2)C(=O)C(=O)N1c1cccc(Cl)c1. The fraction of sp³-hybridized carbons (Fsp3) is 0.0769. The summed E-state index contributed by atoms with van der Waals surface area (Å²) in [7, 11) is 0. The lowest BCUT2D eigenvalue weighted by atomic mass is 9.93. The molecule has 1 saturated heterocycles. The van der Waals surface area contributed by atoms with Crippen LogP contribution < -0.4 is 4.90 Å². The first-order chi connectivity index (χ1) is 15.9. The average molecular weight is 461 g/mol. The molecule has 1 fully saturated rings. The number of aromatic amines is 1. The second kappa shape index (κ2) is 7.90. The highest BCUT2D eigenvalue weighted by molar-refractivity contribution is 6.52. The van der Waals surface area contributed by atoms with E-state index < -0.39 is 23.5 Å². The van der Waals surface area contributed by atoms with Gasteiger partial charge in [-0.1, -0.05) is 35.9 Å². The zero-order valence-corrected chi connectivity index (χ0v) is 18.2. The summed E-state index contributed by atoms with van der Waals surface area (Å²) in [6, 6.07) is 18.4. The van der Waals surface area contributed by atoms with Crippen LogP contribution in [0.2, 0.25) is 5.02 Å². The van der Waals surface area contributed by atoms with Crippen molar-refractivity contribution in [3.05, 3.63) is 106 Å². The number of aliphatic hydroxyl groups excluding tert-OH is 1. The van der Waals surface area contributed by atoms with E-state index in [2.05, 4.69) is 4.98 Å². The molecule has 1 atom stereocenters. The number of carbonyl (C=O) groups excluding carboxylic acids is 2. The molecule has 0 saturated carbocycles. The van der Waals surface area contributed by atoms with Crippen molar-refractivity contribution in [2.24, 2.45) is 0 Å². The van der Waals surface area contributed by atoms with Gasteiger partial charge in [0.2, 0.25) is 0 Å². The summed E-state index contributed by atoms with van der Waals surface area (Å²) in [5.74, 6) is -2.45. The number of para-hydroxylation sites is 1. The van der Waals surface area contributed by atoms with Crippen molar-refractivity contribution in [1.82, 2.24) is 4.98 Å². The number of benzene rings is 3. The van der Waals surface area contributed by atoms with Gasteiger partial charge in [0.05, 0.1) is 11.6 Å². The van der Waals surface area contributed by atoms with Crippen LogP contribution in [0.3, 0.4) is 0 Å². The van der Waals surface area contributed by atoms with E-state index in [-0.39, 0.29) is 16.9 Å². The number of hydrogen-bond acceptors (Lipinski definition) is 3. The molecule has 0 aliphatic carbocycles. The van der Waals surface area contributed by atoms with Gasteiger partial charge < -0.3 is 10.1 Å². The van der Waals surface area contributed by atoms with Gasteiger partial charge in [-0.15, -0.1) is 0 Å². The second-order valence-electron chi connectivity index (χ2n) is 7.87. The van der Waals surface area contributed by atoms with E-state index in [1.54, 1.807) is 24.3 Å². The number of aromatic nitrogens is 1. The molecule has 2 heterocycles. The molecular formula is C26H18ClFN2O3. The Morgan fingerprint density at radius 1 is 1.03 bits per heavy atom. The highest BCUT2D eigenvalue weighted by atomic mass is 35.5. The molecule has 0 spiro atoms. The van der Waals surface area contributed by atoms with E-state index in [0.717, 1.165) is 16.6 Å². The molecule has 7 heteroatoms. The molecule has 33 heavy (non-hydrogen) atoms. The summed E-state index contributed by atoms with van der Waals surface area (Å²) < 4.78 is 13.5. The van der Waals surface area contributed by atoms with Crippen molar-refractivity contribution in [1.29, 1.82) is 0 Å². The summed E-state index contributed by atoms with van der Waals surface area (Å²) in [5.41, 5.74) is 2.87. The Bertz CT molecular complexity index is 1460. The lowest BCUT2D eigenvalue weighted by molar-refractivity contribution is -0.132. The molecule has 1 unspecified atom stereocenters. The molecule has 0 bridgehead atoms. The van der Waals surface area contributed by atoms with Crippen LogP contribution in [0.15, 0.2) is 78.4 Å². The Morgan fingerprint density at radius 3 is 2.48 bits per heavy atom. The van der Waals surface area contributed by atoms with Crippen molar-refractivity contribution in [2.75, 3.05) is 4.90 Å². The number of H-pyrrole nitrogens is 1. The van der Waals surface area contributed by atoms with Crippen LogP contribution in [0.1, 0.15) is 22.9 Å². The molecule has 5 nitrogen and oxygen atoms in total. The first-order valence-electron chi connectivity index (χ1n) is 10.3. The molecule has 4 aromatic rings. The Kier molecular flexibility index (Phi) is 5.02. The highest BCUT2D eigenvalue weighted by Gasteiger charge is 2.48. The van der Waals surface area contributed by atoms with Crippen LogP contribution >= 0.6 is 11.6 Å². The number of ketones is 1. The van der Waals surface area contributed by atoms with Gasteiger partial charge in [0.25, 0.3) is 11.7 Å². The Morgan fingerprint density at radius 2 is 1.76 bits per heavy atom. The number of amides is 1. The predicted octanol–water partition coefficient (Wildman–Crippen LogP) is 5.90. The minimum atomic E-state index is -0.912. The maximum atomic E-state index is 13.5. The van der Waals surface area contributed by atoms with Gasteiger partial charge in [-0.2, -0.15) is 0 Å². The number of rotatable bonds is 3. The quantitative estimate of drug-likeness (QED) is 0.227. The normalized spacial score (nSPS) is 17.8. The fourth-order valence-electron chi connectivity index (χ4n) is 4.41. The van der Waals surface area contributed by atoms with Gasteiger partial charge in [-0.25, -0.2) is 4.39 Å². The second-order valence-corrected chi connectivity index (χ2v) is 8.30. The van der Waals surface area contributed by atoms with Gasteiger partial charge in [0, 0.05) is 38.4 Å². The number of anilines is 1. The monoisotopic (exact) mass is 460 g/mol. The maximum absolute atomic E-state index is 13.5. The van der Waals surface area contributed by atoms with Gasteiger partial charge in [-0.05, 0) is 55.5 Å². The zero-order valence-electron chi connectivity index (χ0n) is 17.5. The number of aryl methyl sites for hydroxylation is 1. The molecule has 5 rings (SSSR count). The number of fused-ring (bicyclic) bond motifs is 1. The lowest BCUT2D eigenvalue weighted by Crippen LogP contribution is -2.29. The predicted molar refractivity (Wildman–Crippen MR) is 126 cm³/mol. The third kappa shape index (κ3) is 3.39. The number of aliphatic hydroxyl groups is 1. The summed E-state index contributed by atoms with van der Waals surface area (Å²) in [6.45, 7) is 1.85. The van der Waals surface area contributed by atoms with E-state index in [9.17, 15) is 19.1 Å². The number of halogens is 2. The minimum Gasteiger partial charge on any atom is -0.507 e. The van der Waals surface area contributed by atoms with E-state index in [4.69, 9.17) is 11.6 Å². The van der Waals surface area contributed by atoms with E-state index in [1.807, 2.05) is 31.2 Å². The van der Waals surface area contributed by atoms with Crippen LogP contribution in [0, 0.1) is 12.7 Å². The van der Waals surface area contributed by atoms with Crippen molar-refractivity contribution in [3.8, 4) is 0 Å². The first kappa shape index (κ1) is 21.0.